The van der Waals surface area contributed by atoms with Crippen molar-refractivity contribution in [2.45, 2.75) is 25.7 Å². The van der Waals surface area contributed by atoms with Crippen molar-refractivity contribution in [3.05, 3.63) is 30.0 Å². The molecular weight excluding hydrogens is 200 g/mol. The van der Waals surface area contributed by atoms with Gasteiger partial charge in [0, 0.05) is 31.1 Å². The van der Waals surface area contributed by atoms with Gasteiger partial charge in [-0.1, -0.05) is 0 Å². The van der Waals surface area contributed by atoms with Crippen molar-refractivity contribution in [1.29, 1.82) is 0 Å². The summed E-state index contributed by atoms with van der Waals surface area (Å²) < 4.78 is 2.08. The second-order valence-electron chi connectivity index (χ2n) is 4.47. The molecule has 1 N–H and O–H groups in total. The van der Waals surface area contributed by atoms with E-state index in [4.69, 9.17) is 0 Å². The average molecular weight is 216 g/mol. The molecule has 0 bridgehead atoms. The minimum atomic E-state index is 0.513. The van der Waals surface area contributed by atoms with Crippen LogP contribution in [0.25, 0.3) is 5.65 Å². The third-order valence-corrected chi connectivity index (χ3v) is 3.21. The minimum absolute atomic E-state index is 0.513. The van der Waals surface area contributed by atoms with E-state index in [1.54, 1.807) is 0 Å². The van der Waals surface area contributed by atoms with E-state index < -0.39 is 0 Å². The van der Waals surface area contributed by atoms with Crippen LogP contribution in [0.1, 0.15) is 30.1 Å². The Hall–Kier alpha value is -1.42. The topological polar surface area (TPSA) is 42.2 Å². The Balaban J connectivity index is 2.07. The number of imidazole rings is 1. The van der Waals surface area contributed by atoms with E-state index in [1.165, 1.54) is 12.8 Å². The lowest BCUT2D eigenvalue weighted by Crippen LogP contribution is -2.29. The summed E-state index contributed by atoms with van der Waals surface area (Å²) in [6.07, 6.45) is 8.34. The highest BCUT2D eigenvalue weighted by Crippen LogP contribution is 2.24. The molecule has 4 heteroatoms. The lowest BCUT2D eigenvalue weighted by molar-refractivity contribution is 0.455. The molecule has 1 aliphatic rings. The second-order valence-corrected chi connectivity index (χ2v) is 4.47. The molecule has 0 radical (unpaired) electrons. The fourth-order valence-electron chi connectivity index (χ4n) is 2.44. The second kappa shape index (κ2) is 3.87. The smallest absolute Gasteiger partial charge is 0.159 e. The standard InChI is InChI=1S/C12H16N4/c1-9-8-16-6-5-14-11(12(16)15-9)10-3-2-4-13-7-10/h5-6,8,10,13H,2-4,7H2,1H3. The zero-order valence-electron chi connectivity index (χ0n) is 9.48. The molecule has 1 aliphatic heterocycles. The van der Waals surface area contributed by atoms with Crippen molar-refractivity contribution in [3.63, 3.8) is 0 Å². The van der Waals surface area contributed by atoms with Crippen LogP contribution >= 0.6 is 0 Å². The van der Waals surface area contributed by atoms with Crippen molar-refractivity contribution in [3.8, 4) is 0 Å². The zero-order chi connectivity index (χ0) is 11.0. The molecule has 0 spiro atoms. The summed E-state index contributed by atoms with van der Waals surface area (Å²) in [4.78, 5) is 9.08. The summed E-state index contributed by atoms with van der Waals surface area (Å²) in [6.45, 7) is 4.18. The molecule has 3 heterocycles. The number of nitrogens with one attached hydrogen (secondary N) is 1. The Morgan fingerprint density at radius 3 is 3.25 bits per heavy atom. The fraction of sp³-hybridized carbons (Fsp3) is 0.500. The Labute approximate surface area is 94.7 Å². The molecule has 0 saturated carbocycles. The molecule has 0 aliphatic carbocycles. The maximum absolute atomic E-state index is 4.56. The molecule has 3 rings (SSSR count). The van der Waals surface area contributed by atoms with E-state index in [9.17, 15) is 0 Å². The van der Waals surface area contributed by atoms with E-state index in [-0.39, 0.29) is 0 Å². The summed E-state index contributed by atoms with van der Waals surface area (Å²) in [5.41, 5.74) is 3.22. The lowest BCUT2D eigenvalue weighted by Gasteiger charge is -2.22. The molecule has 1 atom stereocenters. The molecule has 1 unspecified atom stereocenters. The molecular formula is C12H16N4. The van der Waals surface area contributed by atoms with Crippen LogP contribution in [-0.2, 0) is 0 Å². The molecule has 0 aromatic carbocycles. The number of aromatic nitrogens is 3. The highest BCUT2D eigenvalue weighted by molar-refractivity contribution is 5.47. The highest BCUT2D eigenvalue weighted by atomic mass is 15.0. The lowest BCUT2D eigenvalue weighted by atomic mass is 9.96. The van der Waals surface area contributed by atoms with Gasteiger partial charge in [-0.05, 0) is 26.3 Å². The van der Waals surface area contributed by atoms with Crippen molar-refractivity contribution >= 4 is 5.65 Å². The van der Waals surface area contributed by atoms with Crippen molar-refractivity contribution in [2.24, 2.45) is 0 Å². The largest absolute Gasteiger partial charge is 0.316 e. The quantitative estimate of drug-likeness (QED) is 0.785. The van der Waals surface area contributed by atoms with Crippen molar-refractivity contribution in [2.75, 3.05) is 13.1 Å². The number of rotatable bonds is 1. The van der Waals surface area contributed by atoms with Crippen molar-refractivity contribution < 1.29 is 0 Å². The first-order valence-electron chi connectivity index (χ1n) is 5.85. The van der Waals surface area contributed by atoms with Gasteiger partial charge in [0.05, 0.1) is 11.4 Å². The highest BCUT2D eigenvalue weighted by Gasteiger charge is 2.19. The number of hydrogen-bond acceptors (Lipinski definition) is 3. The van der Waals surface area contributed by atoms with Gasteiger partial charge in [0.25, 0.3) is 0 Å². The monoisotopic (exact) mass is 216 g/mol. The molecule has 2 aromatic rings. The maximum Gasteiger partial charge on any atom is 0.159 e. The van der Waals surface area contributed by atoms with E-state index in [1.807, 2.05) is 19.3 Å². The van der Waals surface area contributed by atoms with E-state index in [0.29, 0.717) is 5.92 Å². The van der Waals surface area contributed by atoms with Gasteiger partial charge >= 0.3 is 0 Å². The fourth-order valence-corrected chi connectivity index (χ4v) is 2.44. The van der Waals surface area contributed by atoms with Crippen LogP contribution in [0.15, 0.2) is 18.6 Å². The maximum atomic E-state index is 4.56. The van der Waals surface area contributed by atoms with Gasteiger partial charge in [0.2, 0.25) is 0 Å². The van der Waals surface area contributed by atoms with Gasteiger partial charge in [0.1, 0.15) is 0 Å². The van der Waals surface area contributed by atoms with Gasteiger partial charge < -0.3 is 9.72 Å². The minimum Gasteiger partial charge on any atom is -0.316 e. The summed E-state index contributed by atoms with van der Waals surface area (Å²) in [5.74, 6) is 0.513. The Morgan fingerprint density at radius 2 is 2.44 bits per heavy atom. The summed E-state index contributed by atoms with van der Waals surface area (Å²) >= 11 is 0. The van der Waals surface area contributed by atoms with Crippen LogP contribution in [-0.4, -0.2) is 27.5 Å². The molecule has 0 amide bonds. The number of hydrogen-bond donors (Lipinski definition) is 1. The summed E-state index contributed by atoms with van der Waals surface area (Å²) in [7, 11) is 0. The van der Waals surface area contributed by atoms with Gasteiger partial charge in [-0.15, -0.1) is 0 Å². The van der Waals surface area contributed by atoms with Crippen LogP contribution in [0.5, 0.6) is 0 Å². The van der Waals surface area contributed by atoms with Gasteiger partial charge in [0.15, 0.2) is 5.65 Å². The molecule has 1 saturated heterocycles. The Morgan fingerprint density at radius 1 is 1.50 bits per heavy atom. The van der Waals surface area contributed by atoms with Crippen LogP contribution in [0.2, 0.25) is 0 Å². The van der Waals surface area contributed by atoms with Crippen LogP contribution in [0, 0.1) is 6.92 Å². The summed E-state index contributed by atoms with van der Waals surface area (Å²) in [6, 6.07) is 0. The summed E-state index contributed by atoms with van der Waals surface area (Å²) in [5, 5.41) is 3.43. The molecule has 1 fully saturated rings. The number of nitrogens with zero attached hydrogens (tertiary/aromatic N) is 3. The normalized spacial score (nSPS) is 21.4. The molecule has 84 valence electrons. The third-order valence-electron chi connectivity index (χ3n) is 3.21. The first-order valence-corrected chi connectivity index (χ1v) is 5.85. The van der Waals surface area contributed by atoms with Gasteiger partial charge in [-0.3, -0.25) is 4.98 Å². The van der Waals surface area contributed by atoms with E-state index >= 15 is 0 Å². The predicted octanol–water partition coefficient (Wildman–Crippen LogP) is 1.50. The van der Waals surface area contributed by atoms with Crippen molar-refractivity contribution in [1.82, 2.24) is 19.7 Å². The van der Waals surface area contributed by atoms with Crippen LogP contribution < -0.4 is 5.32 Å². The van der Waals surface area contributed by atoms with Gasteiger partial charge in [-0.25, -0.2) is 4.98 Å². The SMILES string of the molecule is Cc1cn2ccnc(C3CCCNC3)c2n1. The van der Waals surface area contributed by atoms with E-state index in [0.717, 1.165) is 30.1 Å². The van der Waals surface area contributed by atoms with E-state index in [2.05, 4.69) is 25.9 Å². The van der Waals surface area contributed by atoms with Crippen LogP contribution in [0.4, 0.5) is 0 Å². The number of piperidine rings is 1. The average Bonchev–Trinajstić information content (AvgIpc) is 2.70. The Kier molecular flexibility index (Phi) is 2.36. The predicted molar refractivity (Wildman–Crippen MR) is 62.6 cm³/mol. The molecule has 16 heavy (non-hydrogen) atoms. The number of fused-ring (bicyclic) bond motifs is 1. The van der Waals surface area contributed by atoms with Gasteiger partial charge in [-0.2, -0.15) is 0 Å². The zero-order valence-corrected chi connectivity index (χ0v) is 9.48. The molecule has 4 nitrogen and oxygen atoms in total. The third kappa shape index (κ3) is 1.59. The molecule has 2 aromatic heterocycles. The first-order chi connectivity index (χ1) is 7.84. The van der Waals surface area contributed by atoms with Crippen LogP contribution in [0.3, 0.4) is 0 Å². The Bertz CT molecular complexity index is 497. The number of aryl methyl sites for hydroxylation is 1. The first kappa shape index (κ1) is 9.78.